The Balaban J connectivity index is 2.39. The van der Waals surface area contributed by atoms with Gasteiger partial charge in [-0.2, -0.15) is 10.5 Å². The van der Waals surface area contributed by atoms with Gasteiger partial charge in [0.25, 0.3) is 5.84 Å². The molecule has 3 N–H and O–H groups in total. The van der Waals surface area contributed by atoms with Gasteiger partial charge >= 0.3 is 5.91 Å². The maximum absolute atomic E-state index is 10.2. The van der Waals surface area contributed by atoms with Crippen LogP contribution in [-0.2, 0) is 14.9 Å². The Kier molecular flexibility index (Phi) is 3.46. The molecule has 0 radical (unpaired) electrons. The van der Waals surface area contributed by atoms with Crippen molar-refractivity contribution in [2.75, 3.05) is 14.2 Å². The van der Waals surface area contributed by atoms with E-state index in [-0.39, 0.29) is 5.84 Å². The molecule has 1 fully saturated rings. The number of nitrogens with two attached hydrogens (primary N) is 1. The van der Waals surface area contributed by atoms with Gasteiger partial charge in [0.1, 0.15) is 0 Å². The SMILES string of the molecule is CCC[C@]1(c2ccccc2)[C@]2(C#N)C(N)=[NH+]C(OC)(OC)[C@@]21C#N. The van der Waals surface area contributed by atoms with Gasteiger partial charge in [0.2, 0.25) is 0 Å². The normalized spacial score (nSPS) is 35.5. The van der Waals surface area contributed by atoms with Crippen LogP contribution in [0.5, 0.6) is 0 Å². The zero-order valence-corrected chi connectivity index (χ0v) is 14.1. The molecule has 2 aliphatic rings. The van der Waals surface area contributed by atoms with Gasteiger partial charge in [-0.25, -0.2) is 4.99 Å². The van der Waals surface area contributed by atoms with Crippen LogP contribution in [0.2, 0.25) is 0 Å². The second-order valence-electron chi connectivity index (χ2n) is 6.31. The van der Waals surface area contributed by atoms with E-state index in [0.29, 0.717) is 6.42 Å². The second kappa shape index (κ2) is 5.04. The molecule has 0 unspecified atom stereocenters. The number of fused-ring (bicyclic) bond motifs is 1. The molecule has 124 valence electrons. The van der Waals surface area contributed by atoms with Crippen molar-refractivity contribution < 1.29 is 14.5 Å². The minimum atomic E-state index is -1.47. The molecular weight excluding hydrogens is 304 g/mol. The summed E-state index contributed by atoms with van der Waals surface area (Å²) in [6.07, 6.45) is 1.41. The fourth-order valence-electron chi connectivity index (χ4n) is 4.99. The smallest absolute Gasteiger partial charge is 0.317 e. The highest BCUT2D eigenvalue weighted by Crippen LogP contribution is 2.83. The van der Waals surface area contributed by atoms with E-state index in [9.17, 15) is 10.5 Å². The van der Waals surface area contributed by atoms with Crippen LogP contribution in [0.1, 0.15) is 25.3 Å². The van der Waals surface area contributed by atoms with Crippen molar-refractivity contribution in [3.63, 3.8) is 0 Å². The van der Waals surface area contributed by atoms with Crippen molar-refractivity contribution in [2.24, 2.45) is 16.6 Å². The van der Waals surface area contributed by atoms with Crippen LogP contribution >= 0.6 is 0 Å². The Morgan fingerprint density at radius 3 is 2.21 bits per heavy atom. The van der Waals surface area contributed by atoms with Gasteiger partial charge in [-0.3, -0.25) is 5.73 Å². The molecule has 1 aromatic carbocycles. The second-order valence-corrected chi connectivity index (χ2v) is 6.31. The molecule has 6 heteroatoms. The van der Waals surface area contributed by atoms with E-state index in [1.807, 2.05) is 37.3 Å². The Morgan fingerprint density at radius 2 is 1.75 bits per heavy atom. The van der Waals surface area contributed by atoms with Crippen LogP contribution < -0.4 is 10.7 Å². The number of hydrogen-bond donors (Lipinski definition) is 2. The molecule has 3 atom stereocenters. The van der Waals surface area contributed by atoms with E-state index in [2.05, 4.69) is 17.1 Å². The minimum absolute atomic E-state index is 0.229. The number of nitrogens with one attached hydrogen (secondary N) is 1. The average Bonchev–Trinajstić information content (AvgIpc) is 3.09. The molecule has 0 saturated heterocycles. The summed E-state index contributed by atoms with van der Waals surface area (Å²) in [5.41, 5.74) is 3.90. The zero-order valence-electron chi connectivity index (χ0n) is 14.1. The predicted molar refractivity (Wildman–Crippen MR) is 86.0 cm³/mol. The molecule has 24 heavy (non-hydrogen) atoms. The number of nitrogens with zero attached hydrogens (tertiary/aromatic N) is 2. The van der Waals surface area contributed by atoms with Crippen molar-refractivity contribution >= 4 is 5.84 Å². The van der Waals surface area contributed by atoms with Crippen LogP contribution in [0.4, 0.5) is 0 Å². The summed E-state index contributed by atoms with van der Waals surface area (Å²) in [7, 11) is 2.91. The van der Waals surface area contributed by atoms with Crippen molar-refractivity contribution in [3.05, 3.63) is 35.9 Å². The number of ether oxygens (including phenoxy) is 2. The van der Waals surface area contributed by atoms with Gasteiger partial charge in [-0.1, -0.05) is 43.7 Å². The third kappa shape index (κ3) is 1.28. The third-order valence-electron chi connectivity index (χ3n) is 5.78. The first-order valence-corrected chi connectivity index (χ1v) is 7.93. The maximum atomic E-state index is 10.2. The van der Waals surface area contributed by atoms with Gasteiger partial charge in [0.05, 0.1) is 17.6 Å². The highest BCUT2D eigenvalue weighted by atomic mass is 16.7. The van der Waals surface area contributed by atoms with Gasteiger partial charge in [-0.05, 0) is 12.0 Å². The van der Waals surface area contributed by atoms with Crippen molar-refractivity contribution in [1.82, 2.24) is 0 Å². The zero-order chi connectivity index (χ0) is 17.6. The fourth-order valence-corrected chi connectivity index (χ4v) is 4.99. The monoisotopic (exact) mass is 325 g/mol. The molecule has 1 aliphatic carbocycles. The summed E-state index contributed by atoms with van der Waals surface area (Å²) in [6.45, 7) is 2.03. The lowest BCUT2D eigenvalue weighted by Crippen LogP contribution is -2.91. The van der Waals surface area contributed by atoms with Gasteiger partial charge in [-0.15, -0.1) is 0 Å². The molecule has 1 aliphatic heterocycles. The molecule has 0 aromatic heterocycles. The molecule has 1 saturated carbocycles. The molecule has 1 heterocycles. The van der Waals surface area contributed by atoms with E-state index in [1.54, 1.807) is 0 Å². The highest BCUT2D eigenvalue weighted by Gasteiger charge is 3.03. The molecular formula is C18H21N4O2+. The molecule has 0 amide bonds. The van der Waals surface area contributed by atoms with Gasteiger partial charge in [0.15, 0.2) is 10.8 Å². The van der Waals surface area contributed by atoms with Crippen LogP contribution in [0, 0.1) is 33.5 Å². The lowest BCUT2D eigenvalue weighted by molar-refractivity contribution is -0.689. The number of nitriles is 2. The van der Waals surface area contributed by atoms with Crippen molar-refractivity contribution in [3.8, 4) is 12.1 Å². The van der Waals surface area contributed by atoms with Crippen LogP contribution in [0.25, 0.3) is 0 Å². The van der Waals surface area contributed by atoms with E-state index in [1.165, 1.54) is 14.2 Å². The van der Waals surface area contributed by atoms with E-state index >= 15 is 0 Å². The lowest BCUT2D eigenvalue weighted by atomic mass is 9.79. The lowest BCUT2D eigenvalue weighted by Gasteiger charge is -2.31. The number of methoxy groups -OCH3 is 2. The Bertz CT molecular complexity index is 774. The van der Waals surface area contributed by atoms with Crippen LogP contribution in [-0.4, -0.2) is 26.0 Å². The topological polar surface area (TPSA) is 106 Å². The average molecular weight is 325 g/mol. The summed E-state index contributed by atoms with van der Waals surface area (Å²) >= 11 is 0. The fraction of sp³-hybridized carbons (Fsp3) is 0.500. The molecule has 6 nitrogen and oxygen atoms in total. The molecule has 1 aromatic rings. The third-order valence-corrected chi connectivity index (χ3v) is 5.78. The quantitative estimate of drug-likeness (QED) is 0.750. The van der Waals surface area contributed by atoms with Crippen molar-refractivity contribution in [1.29, 1.82) is 10.5 Å². The first kappa shape index (κ1) is 16.4. The van der Waals surface area contributed by atoms with Crippen LogP contribution in [0.15, 0.2) is 30.3 Å². The number of rotatable bonds is 5. The van der Waals surface area contributed by atoms with Crippen LogP contribution in [0.3, 0.4) is 0 Å². The van der Waals surface area contributed by atoms with Gasteiger partial charge < -0.3 is 9.47 Å². The van der Waals surface area contributed by atoms with E-state index in [4.69, 9.17) is 15.2 Å². The first-order chi connectivity index (χ1) is 11.5. The number of benzene rings is 1. The van der Waals surface area contributed by atoms with Crippen molar-refractivity contribution in [2.45, 2.75) is 31.1 Å². The summed E-state index contributed by atoms with van der Waals surface area (Å²) in [5.74, 6) is -1.24. The summed E-state index contributed by atoms with van der Waals surface area (Å²) in [6, 6.07) is 14.3. The number of hydrogen-bond acceptors (Lipinski definition) is 5. The first-order valence-electron chi connectivity index (χ1n) is 7.93. The molecule has 3 rings (SSSR count). The van der Waals surface area contributed by atoms with E-state index < -0.39 is 22.2 Å². The minimum Gasteiger partial charge on any atom is -0.317 e. The predicted octanol–water partition coefficient (Wildman–Crippen LogP) is 0.156. The number of amidine groups is 1. The highest BCUT2D eigenvalue weighted by molar-refractivity contribution is 5.97. The molecule has 0 bridgehead atoms. The summed E-state index contributed by atoms with van der Waals surface area (Å²) in [4.78, 5) is 2.94. The maximum Gasteiger partial charge on any atom is 0.343 e. The summed E-state index contributed by atoms with van der Waals surface area (Å²) < 4.78 is 11.2. The Labute approximate surface area is 141 Å². The Morgan fingerprint density at radius 1 is 1.12 bits per heavy atom. The summed E-state index contributed by atoms with van der Waals surface area (Å²) in [5, 5.41) is 20.4. The molecule has 0 spiro atoms. The Hall–Kier alpha value is -2.41. The standard InChI is InChI=1S/C18H20N4O2/c1-4-10-15(13-8-6-5-7-9-13)16(11-19)14(21)22-18(23-2,24-3)17(15,16)12-20/h5-9H,4,10H2,1-3H3,(H2,21,22)/p+1/t15-,16-,17+/m0/s1. The van der Waals surface area contributed by atoms with Gasteiger partial charge in [0, 0.05) is 14.2 Å². The largest absolute Gasteiger partial charge is 0.343 e. The van der Waals surface area contributed by atoms with E-state index in [0.717, 1.165) is 12.0 Å².